The number of hydrogen-bond acceptors (Lipinski definition) is 3. The number of halogens is 5. The van der Waals surface area contributed by atoms with Crippen molar-refractivity contribution in [1.82, 2.24) is 15.0 Å². The van der Waals surface area contributed by atoms with Crippen LogP contribution in [0.2, 0.25) is 0 Å². The van der Waals surface area contributed by atoms with Crippen LogP contribution in [0.25, 0.3) is 5.69 Å². The van der Waals surface area contributed by atoms with Crippen molar-refractivity contribution in [1.29, 1.82) is 0 Å². The Kier molecular flexibility index (Phi) is 3.40. The predicted octanol–water partition coefficient (Wildman–Crippen LogP) is 2.91. The van der Waals surface area contributed by atoms with E-state index in [1.807, 2.05) is 0 Å². The number of carbonyl (C=O) groups excluding carboxylic acids is 1. The highest BCUT2D eigenvalue weighted by atomic mass is 79.9. The average molecular weight is 338 g/mol. The number of nitrogens with zero attached hydrogens (tertiary/aromatic N) is 3. The van der Waals surface area contributed by atoms with E-state index in [4.69, 9.17) is 0 Å². The molecule has 0 radical (unpaired) electrons. The molecule has 2 aromatic rings. The first-order valence-electron chi connectivity index (χ1n) is 4.78. The van der Waals surface area contributed by atoms with E-state index in [0.717, 1.165) is 16.9 Å². The molecule has 9 heteroatoms. The van der Waals surface area contributed by atoms with Crippen molar-refractivity contribution >= 4 is 21.7 Å². The van der Waals surface area contributed by atoms with E-state index in [-0.39, 0.29) is 10.2 Å². The summed E-state index contributed by atoms with van der Waals surface area (Å²) in [4.78, 5) is 10.9. The van der Waals surface area contributed by atoms with Crippen molar-refractivity contribution in [2.75, 3.05) is 0 Å². The molecule has 1 aromatic heterocycles. The van der Waals surface area contributed by atoms with Gasteiger partial charge in [0.2, 0.25) is 0 Å². The highest BCUT2D eigenvalue weighted by Crippen LogP contribution is 2.22. The number of rotatable bonds is 2. The normalized spacial score (nSPS) is 11.6. The molecule has 0 amide bonds. The van der Waals surface area contributed by atoms with Crippen LogP contribution in [0.5, 0.6) is 0 Å². The van der Waals surface area contributed by atoms with E-state index in [0.29, 0.717) is 0 Å². The molecule has 0 N–H and O–H groups in total. The van der Waals surface area contributed by atoms with Gasteiger partial charge < -0.3 is 0 Å². The fraction of sp³-hybridized carbons (Fsp3) is 0.100. The Morgan fingerprint density at radius 2 is 2.00 bits per heavy atom. The van der Waals surface area contributed by atoms with E-state index in [9.17, 15) is 22.4 Å². The molecule has 0 aliphatic carbocycles. The second-order valence-electron chi connectivity index (χ2n) is 3.47. The zero-order chi connectivity index (χ0) is 14.2. The highest BCUT2D eigenvalue weighted by Gasteiger charge is 2.41. The van der Waals surface area contributed by atoms with Gasteiger partial charge in [0.05, 0.1) is 16.4 Å². The number of Topliss-reactive ketones (excluding diaryl/α,β-unsaturated/α-hetero) is 1. The largest absolute Gasteiger partial charge is 0.456 e. The number of benzene rings is 1. The van der Waals surface area contributed by atoms with Crippen molar-refractivity contribution in [2.24, 2.45) is 0 Å². The van der Waals surface area contributed by atoms with Crippen molar-refractivity contribution in [3.63, 3.8) is 0 Å². The Morgan fingerprint density at radius 3 is 2.58 bits per heavy atom. The SMILES string of the molecule is O=C(c1cn(-c2ccc(F)c(Br)c2)nn1)C(F)(F)F. The second kappa shape index (κ2) is 4.72. The van der Waals surface area contributed by atoms with E-state index >= 15 is 0 Å². The van der Waals surface area contributed by atoms with Gasteiger partial charge in [-0.05, 0) is 34.1 Å². The topological polar surface area (TPSA) is 47.8 Å². The molecule has 0 bridgehead atoms. The molecule has 0 saturated heterocycles. The third-order valence-corrected chi connectivity index (χ3v) is 2.76. The third kappa shape index (κ3) is 2.80. The molecule has 0 unspecified atom stereocenters. The maximum absolute atomic E-state index is 13.0. The molecule has 0 aliphatic rings. The quantitative estimate of drug-likeness (QED) is 0.625. The summed E-state index contributed by atoms with van der Waals surface area (Å²) in [6, 6.07) is 3.69. The number of hydrogen-bond donors (Lipinski definition) is 0. The standard InChI is InChI=1S/C10H4BrF4N3O/c11-6-3-5(1-2-7(6)12)18-4-8(16-17-18)9(19)10(13,14)15/h1-4H. The molecule has 1 aromatic carbocycles. The summed E-state index contributed by atoms with van der Waals surface area (Å²) >= 11 is 2.93. The van der Waals surface area contributed by atoms with Gasteiger partial charge in [-0.15, -0.1) is 5.10 Å². The Bertz CT molecular complexity index is 638. The van der Waals surface area contributed by atoms with Gasteiger partial charge in [-0.3, -0.25) is 4.79 Å². The molecule has 4 nitrogen and oxygen atoms in total. The van der Waals surface area contributed by atoms with Crippen molar-refractivity contribution < 1.29 is 22.4 Å². The molecule has 2 rings (SSSR count). The smallest absolute Gasteiger partial charge is 0.282 e. The van der Waals surface area contributed by atoms with E-state index in [2.05, 4.69) is 26.2 Å². The van der Waals surface area contributed by atoms with Crippen LogP contribution in [0.1, 0.15) is 10.5 Å². The maximum atomic E-state index is 13.0. The molecule has 0 saturated carbocycles. The molecule has 1 heterocycles. The second-order valence-corrected chi connectivity index (χ2v) is 4.33. The van der Waals surface area contributed by atoms with Gasteiger partial charge in [0.15, 0.2) is 5.69 Å². The van der Waals surface area contributed by atoms with Gasteiger partial charge in [0.1, 0.15) is 5.82 Å². The lowest BCUT2D eigenvalue weighted by Gasteiger charge is -2.01. The van der Waals surface area contributed by atoms with Crippen LogP contribution >= 0.6 is 15.9 Å². The molecule has 0 spiro atoms. The lowest BCUT2D eigenvalue weighted by atomic mass is 10.3. The molecule has 19 heavy (non-hydrogen) atoms. The van der Waals surface area contributed by atoms with Gasteiger partial charge in [-0.25, -0.2) is 9.07 Å². The predicted molar refractivity (Wildman–Crippen MR) is 59.4 cm³/mol. The summed E-state index contributed by atoms with van der Waals surface area (Å²) in [6.07, 6.45) is -4.18. The van der Waals surface area contributed by atoms with Gasteiger partial charge in [0, 0.05) is 0 Å². The van der Waals surface area contributed by atoms with Crippen LogP contribution in [0.4, 0.5) is 17.6 Å². The van der Waals surface area contributed by atoms with Crippen LogP contribution < -0.4 is 0 Å². The first kappa shape index (κ1) is 13.7. The first-order valence-corrected chi connectivity index (χ1v) is 5.57. The van der Waals surface area contributed by atoms with Gasteiger partial charge in [0.25, 0.3) is 5.78 Å². The zero-order valence-electron chi connectivity index (χ0n) is 8.95. The first-order chi connectivity index (χ1) is 8.79. The summed E-state index contributed by atoms with van der Waals surface area (Å²) in [7, 11) is 0. The van der Waals surface area contributed by atoms with Gasteiger partial charge >= 0.3 is 6.18 Å². The zero-order valence-corrected chi connectivity index (χ0v) is 10.5. The minimum atomic E-state index is -5.01. The van der Waals surface area contributed by atoms with Crippen molar-refractivity contribution in [2.45, 2.75) is 6.18 Å². The lowest BCUT2D eigenvalue weighted by Crippen LogP contribution is -2.23. The maximum Gasteiger partial charge on any atom is 0.456 e. The number of ketones is 1. The van der Waals surface area contributed by atoms with E-state index in [1.165, 1.54) is 12.1 Å². The summed E-state index contributed by atoms with van der Waals surface area (Å²) in [5.74, 6) is -2.62. The van der Waals surface area contributed by atoms with E-state index < -0.39 is 23.5 Å². The lowest BCUT2D eigenvalue weighted by molar-refractivity contribution is -0.0888. The number of carbonyl (C=O) groups is 1. The monoisotopic (exact) mass is 337 g/mol. The summed E-state index contributed by atoms with van der Waals surface area (Å²) in [5, 5.41) is 6.54. The molecular formula is C10H4BrF4N3O. The minimum Gasteiger partial charge on any atom is -0.282 e. The number of aromatic nitrogens is 3. The molecule has 0 fully saturated rings. The molecule has 0 atom stereocenters. The minimum absolute atomic E-state index is 0.115. The van der Waals surface area contributed by atoms with Crippen LogP contribution in [0.3, 0.4) is 0 Å². The van der Waals surface area contributed by atoms with Gasteiger partial charge in [-0.2, -0.15) is 13.2 Å². The summed E-state index contributed by atoms with van der Waals surface area (Å²) < 4.78 is 50.6. The van der Waals surface area contributed by atoms with Crippen LogP contribution in [0, 0.1) is 5.82 Å². The van der Waals surface area contributed by atoms with Gasteiger partial charge in [-0.1, -0.05) is 5.21 Å². The summed E-state index contributed by atoms with van der Waals surface area (Å²) in [5.41, 5.74) is -0.560. The Labute approximate surface area is 112 Å². The van der Waals surface area contributed by atoms with Crippen molar-refractivity contribution in [3.05, 3.63) is 40.4 Å². The average Bonchev–Trinajstić information content (AvgIpc) is 2.79. The highest BCUT2D eigenvalue weighted by molar-refractivity contribution is 9.10. The molecule has 0 aliphatic heterocycles. The van der Waals surface area contributed by atoms with Crippen LogP contribution in [-0.2, 0) is 0 Å². The Hall–Kier alpha value is -1.77. The third-order valence-electron chi connectivity index (χ3n) is 2.15. The Morgan fingerprint density at radius 1 is 1.32 bits per heavy atom. The van der Waals surface area contributed by atoms with Crippen LogP contribution in [-0.4, -0.2) is 27.0 Å². The molecule has 100 valence electrons. The molecular weight excluding hydrogens is 334 g/mol. The Balaban J connectivity index is 2.36. The van der Waals surface area contributed by atoms with Crippen LogP contribution in [0.15, 0.2) is 28.9 Å². The van der Waals surface area contributed by atoms with E-state index in [1.54, 1.807) is 0 Å². The fourth-order valence-electron chi connectivity index (χ4n) is 1.27. The van der Waals surface area contributed by atoms with Crippen molar-refractivity contribution in [3.8, 4) is 5.69 Å². The summed E-state index contributed by atoms with van der Waals surface area (Å²) in [6.45, 7) is 0. The number of alkyl halides is 3. The fourth-order valence-corrected chi connectivity index (χ4v) is 1.63.